The second-order valence-corrected chi connectivity index (χ2v) is 13.8. The Morgan fingerprint density at radius 1 is 1.18 bits per heavy atom. The molecule has 0 saturated carbocycles. The molecule has 4 heterocycles. The Bertz CT molecular complexity index is 1230. The van der Waals surface area contributed by atoms with Crippen molar-refractivity contribution in [1.29, 1.82) is 0 Å². The quantitative estimate of drug-likeness (QED) is 0.318. The fourth-order valence-electron chi connectivity index (χ4n) is 7.96. The summed E-state index contributed by atoms with van der Waals surface area (Å²) < 4.78 is 31.7. The summed E-state index contributed by atoms with van der Waals surface area (Å²) in [6, 6.07) is 0. The lowest BCUT2D eigenvalue weighted by Crippen LogP contribution is -2.59. The van der Waals surface area contributed by atoms with Crippen molar-refractivity contribution in [3.63, 3.8) is 0 Å². The molecule has 2 N–H and O–H groups in total. The van der Waals surface area contributed by atoms with Crippen LogP contribution in [0.15, 0.2) is 58.7 Å². The molecule has 0 unspecified atom stereocenters. The molecule has 3 fully saturated rings. The Morgan fingerprint density at radius 2 is 1.95 bits per heavy atom. The summed E-state index contributed by atoms with van der Waals surface area (Å²) in [5.74, 6) is -2.41. The van der Waals surface area contributed by atoms with E-state index in [0.29, 0.717) is 31.3 Å². The van der Waals surface area contributed by atoms with Crippen molar-refractivity contribution in [1.82, 2.24) is 0 Å². The number of methoxy groups -OCH3 is 1. The Hall–Kier alpha value is -2.07. The van der Waals surface area contributed by atoms with E-state index in [-0.39, 0.29) is 30.7 Å². The minimum Gasteiger partial charge on any atom is -0.462 e. The SMILES string of the molecule is CC/C=C(/C)[C@H]1O[C@@]2(C[C@@H]3C[C@@H](C/C=C(/C)C[C@@H](C)/C=C\C=C4\CO[C@@H]5[C@H](OC)C(C)=C[C@@H](C(=O)O3)[C@]45O)O2)C[C@H](O)[C@@H]1C. The molecule has 0 amide bonds. The van der Waals surface area contributed by atoms with Gasteiger partial charge in [-0.15, -0.1) is 0 Å². The lowest BCUT2D eigenvalue weighted by atomic mass is 9.70. The first-order chi connectivity index (χ1) is 20.9. The van der Waals surface area contributed by atoms with E-state index in [0.717, 1.165) is 24.0 Å². The van der Waals surface area contributed by atoms with E-state index in [1.165, 1.54) is 5.57 Å². The molecule has 2 bridgehead atoms. The minimum atomic E-state index is -1.61. The molecule has 8 heteroatoms. The summed E-state index contributed by atoms with van der Waals surface area (Å²) >= 11 is 0. The van der Waals surface area contributed by atoms with Crippen LogP contribution >= 0.6 is 0 Å². The normalized spacial score (nSPS) is 46.7. The molecule has 0 radical (unpaired) electrons. The van der Waals surface area contributed by atoms with Gasteiger partial charge >= 0.3 is 5.97 Å². The smallest absolute Gasteiger partial charge is 0.316 e. The van der Waals surface area contributed by atoms with Gasteiger partial charge in [0.2, 0.25) is 0 Å². The first kappa shape index (κ1) is 33.3. The van der Waals surface area contributed by atoms with E-state index in [2.05, 4.69) is 39.0 Å². The number of hydrogen-bond acceptors (Lipinski definition) is 8. The molecule has 11 atom stereocenters. The van der Waals surface area contributed by atoms with E-state index in [1.807, 2.05) is 32.9 Å². The van der Waals surface area contributed by atoms with E-state index >= 15 is 0 Å². The number of rotatable bonds is 3. The van der Waals surface area contributed by atoms with Gasteiger partial charge in [0.1, 0.15) is 29.8 Å². The van der Waals surface area contributed by atoms with Crippen LogP contribution in [-0.4, -0.2) is 77.9 Å². The zero-order valence-electron chi connectivity index (χ0n) is 27.5. The van der Waals surface area contributed by atoms with Gasteiger partial charge in [-0.1, -0.05) is 62.8 Å². The number of esters is 1. The maximum absolute atomic E-state index is 14.1. The maximum atomic E-state index is 14.1. The van der Waals surface area contributed by atoms with Gasteiger partial charge in [0.05, 0.1) is 24.9 Å². The first-order valence-electron chi connectivity index (χ1n) is 16.4. The summed E-state index contributed by atoms with van der Waals surface area (Å²) in [4.78, 5) is 14.1. The summed E-state index contributed by atoms with van der Waals surface area (Å²) in [6.45, 7) is 12.5. The third-order valence-corrected chi connectivity index (χ3v) is 10.3. The van der Waals surface area contributed by atoms with Gasteiger partial charge in [-0.3, -0.25) is 4.79 Å². The van der Waals surface area contributed by atoms with Gasteiger partial charge in [0.15, 0.2) is 5.79 Å². The minimum absolute atomic E-state index is 0.0986. The van der Waals surface area contributed by atoms with Crippen LogP contribution in [0.1, 0.15) is 80.1 Å². The van der Waals surface area contributed by atoms with Crippen molar-refractivity contribution in [3.05, 3.63) is 58.7 Å². The number of ether oxygens (including phenoxy) is 5. The van der Waals surface area contributed by atoms with Gasteiger partial charge in [-0.05, 0) is 62.7 Å². The molecule has 0 aromatic heterocycles. The van der Waals surface area contributed by atoms with Crippen molar-refractivity contribution in [2.75, 3.05) is 13.7 Å². The highest BCUT2D eigenvalue weighted by Gasteiger charge is 2.60. The largest absolute Gasteiger partial charge is 0.462 e. The number of carbonyl (C=O) groups is 1. The van der Waals surface area contributed by atoms with Crippen LogP contribution in [0.3, 0.4) is 0 Å². The van der Waals surface area contributed by atoms with Crippen LogP contribution < -0.4 is 0 Å². The highest BCUT2D eigenvalue weighted by atomic mass is 16.7. The van der Waals surface area contributed by atoms with E-state index < -0.39 is 47.7 Å². The molecule has 44 heavy (non-hydrogen) atoms. The zero-order chi connectivity index (χ0) is 31.8. The van der Waals surface area contributed by atoms with Crippen LogP contribution in [0.25, 0.3) is 0 Å². The fourth-order valence-corrected chi connectivity index (χ4v) is 7.96. The molecule has 244 valence electrons. The third-order valence-electron chi connectivity index (χ3n) is 10.3. The number of hydrogen-bond donors (Lipinski definition) is 2. The second-order valence-electron chi connectivity index (χ2n) is 13.8. The van der Waals surface area contributed by atoms with Gasteiger partial charge in [0.25, 0.3) is 0 Å². The van der Waals surface area contributed by atoms with Crippen LogP contribution in [0.4, 0.5) is 0 Å². The Balaban J connectivity index is 1.53. The predicted molar refractivity (Wildman–Crippen MR) is 168 cm³/mol. The fraction of sp³-hybridized carbons (Fsp3) is 0.694. The average molecular weight is 613 g/mol. The molecule has 5 rings (SSSR count). The van der Waals surface area contributed by atoms with E-state index in [1.54, 1.807) is 13.2 Å². The van der Waals surface area contributed by atoms with Crippen molar-refractivity contribution >= 4 is 5.97 Å². The molecule has 4 aliphatic heterocycles. The molecule has 1 spiro atoms. The highest BCUT2D eigenvalue weighted by Crippen LogP contribution is 2.48. The Labute approximate surface area is 262 Å². The van der Waals surface area contributed by atoms with E-state index in [4.69, 9.17) is 23.7 Å². The summed E-state index contributed by atoms with van der Waals surface area (Å²) in [7, 11) is 1.59. The molecule has 8 nitrogen and oxygen atoms in total. The summed E-state index contributed by atoms with van der Waals surface area (Å²) in [5.41, 5.74) is 2.15. The van der Waals surface area contributed by atoms with Gasteiger partial charge < -0.3 is 33.9 Å². The van der Waals surface area contributed by atoms with Gasteiger partial charge in [-0.2, -0.15) is 0 Å². The van der Waals surface area contributed by atoms with Crippen molar-refractivity contribution in [3.8, 4) is 0 Å². The van der Waals surface area contributed by atoms with Crippen LogP contribution in [0.2, 0.25) is 0 Å². The number of allylic oxidation sites excluding steroid dienone is 5. The maximum Gasteiger partial charge on any atom is 0.316 e. The zero-order valence-corrected chi connectivity index (χ0v) is 27.5. The average Bonchev–Trinajstić information content (AvgIpc) is 3.29. The second kappa shape index (κ2) is 13.3. The number of carbonyl (C=O) groups excluding carboxylic acids is 1. The van der Waals surface area contributed by atoms with Gasteiger partial charge in [-0.25, -0.2) is 0 Å². The number of aliphatic hydroxyl groups is 2. The first-order valence-corrected chi connectivity index (χ1v) is 16.4. The monoisotopic (exact) mass is 612 g/mol. The molecule has 5 aliphatic rings. The van der Waals surface area contributed by atoms with Crippen molar-refractivity contribution in [2.45, 2.75) is 128 Å². The van der Waals surface area contributed by atoms with Crippen molar-refractivity contribution in [2.24, 2.45) is 17.8 Å². The molecule has 3 saturated heterocycles. The van der Waals surface area contributed by atoms with Gasteiger partial charge in [0, 0.05) is 32.3 Å². The van der Waals surface area contributed by atoms with E-state index in [9.17, 15) is 15.0 Å². The van der Waals surface area contributed by atoms with Crippen LogP contribution in [-0.2, 0) is 28.5 Å². The predicted octanol–water partition coefficient (Wildman–Crippen LogP) is 5.50. The molecular formula is C36H52O8. The standard InChI is InChI=1S/C36H52O8/c1-8-10-23(4)31-25(6)30(37)19-35(44-31)18-28-17-27(43-35)14-13-22(3)15-21(2)11-9-12-26-20-41-33-32(40-7)24(5)16-29(34(38)42-28)36(26,33)39/h9-13,16,21,25,27-33,37,39H,8,14-15,17-20H2,1-7H3/b11-9-,22-13-,23-10-,26-12-/t21-,25-,27+,28-,29-,30-,31+,32+,33+,35-,36+/m0/s1. The molecule has 0 aromatic rings. The Morgan fingerprint density at radius 3 is 2.68 bits per heavy atom. The topological polar surface area (TPSA) is 104 Å². The summed E-state index contributed by atoms with van der Waals surface area (Å²) in [5, 5.41) is 23.6. The van der Waals surface area contributed by atoms with Crippen LogP contribution in [0, 0.1) is 17.8 Å². The lowest BCUT2D eigenvalue weighted by Gasteiger charge is -2.51. The third kappa shape index (κ3) is 6.44. The van der Waals surface area contributed by atoms with Crippen molar-refractivity contribution < 1.29 is 38.7 Å². The molecule has 0 aromatic carbocycles. The van der Waals surface area contributed by atoms with Crippen LogP contribution in [0.5, 0.6) is 0 Å². The molecular weight excluding hydrogens is 560 g/mol. The number of aliphatic hydroxyl groups excluding tert-OH is 1. The summed E-state index contributed by atoms with van der Waals surface area (Å²) in [6.07, 6.45) is 12.6. The Kier molecular flexibility index (Phi) is 10.1. The highest BCUT2D eigenvalue weighted by molar-refractivity contribution is 5.78. The lowest BCUT2D eigenvalue weighted by molar-refractivity contribution is -0.342. The number of fused-ring (bicyclic) bond motifs is 2. The molecule has 1 aliphatic carbocycles.